The molecule has 1 rings (SSSR count). The second-order valence-electron chi connectivity index (χ2n) is 4.42. The Labute approximate surface area is 98.4 Å². The van der Waals surface area contributed by atoms with Crippen molar-refractivity contribution in [3.05, 3.63) is 0 Å². The quantitative estimate of drug-likeness (QED) is 0.584. The van der Waals surface area contributed by atoms with E-state index in [0.717, 1.165) is 0 Å². The Morgan fingerprint density at radius 2 is 2.18 bits per heavy atom. The molecule has 0 radical (unpaired) electrons. The van der Waals surface area contributed by atoms with Gasteiger partial charge in [0, 0.05) is 19.2 Å². The first-order chi connectivity index (χ1) is 7.73. The minimum absolute atomic E-state index is 0.0424. The number of hydrogen-bond acceptors (Lipinski definition) is 3. The average molecular weight is 253 g/mol. The van der Waals surface area contributed by atoms with Crippen LogP contribution < -0.4 is 5.73 Å². The Morgan fingerprint density at radius 1 is 1.59 bits per heavy atom. The maximum absolute atomic E-state index is 12.6. The number of nitrogens with zero attached hydrogens (tertiary/aromatic N) is 1. The van der Waals surface area contributed by atoms with Gasteiger partial charge in [0.2, 0.25) is 0 Å². The highest BCUT2D eigenvalue weighted by molar-refractivity contribution is 5.80. The molecule has 3 atom stereocenters. The molecule has 1 heterocycles. The van der Waals surface area contributed by atoms with E-state index in [1.54, 1.807) is 11.9 Å². The van der Waals surface area contributed by atoms with Gasteiger partial charge in [-0.1, -0.05) is 0 Å². The number of nitrogens with one attached hydrogen (secondary N) is 1. The minimum Gasteiger partial charge on any atom is -0.387 e. The van der Waals surface area contributed by atoms with E-state index < -0.39 is 17.9 Å². The normalized spacial score (nSPS) is 27.4. The molecular weight excluding hydrogens is 235 g/mol. The molecule has 0 saturated carbocycles. The van der Waals surface area contributed by atoms with E-state index in [2.05, 4.69) is 0 Å². The lowest BCUT2D eigenvalue weighted by atomic mass is 10.0. The number of hydrogen-bond donors (Lipinski definition) is 2. The van der Waals surface area contributed by atoms with Crippen LogP contribution in [0.25, 0.3) is 0 Å². The van der Waals surface area contributed by atoms with Gasteiger partial charge in [-0.05, 0) is 20.4 Å². The van der Waals surface area contributed by atoms with Crippen LogP contribution in [-0.2, 0) is 4.74 Å². The summed E-state index contributed by atoms with van der Waals surface area (Å²) >= 11 is 0. The Hall–Kier alpha value is -0.820. The molecule has 0 aromatic carbocycles. The minimum atomic E-state index is -4.47. The average Bonchev–Trinajstić information content (AvgIpc) is 2.58. The maximum Gasteiger partial charge on any atom is 0.399 e. The number of ether oxygens (including phenoxy) is 1. The molecule has 0 spiro atoms. The largest absolute Gasteiger partial charge is 0.399 e. The molecule has 1 aliphatic heterocycles. The van der Waals surface area contributed by atoms with E-state index in [1.807, 2.05) is 6.92 Å². The monoisotopic (exact) mass is 253 g/mol. The van der Waals surface area contributed by atoms with E-state index in [4.69, 9.17) is 15.9 Å². The molecule has 0 amide bonds. The molecule has 4 nitrogen and oxygen atoms in total. The van der Waals surface area contributed by atoms with Crippen molar-refractivity contribution in [2.45, 2.75) is 31.7 Å². The Balaban J connectivity index is 2.64. The van der Waals surface area contributed by atoms with Gasteiger partial charge in [0.15, 0.2) is 0 Å². The molecule has 1 saturated heterocycles. The number of likely N-dealkylation sites (N-methyl/N-ethyl adjacent to an activating group) is 1. The molecule has 3 unspecified atom stereocenters. The van der Waals surface area contributed by atoms with Gasteiger partial charge in [-0.2, -0.15) is 13.2 Å². The summed E-state index contributed by atoms with van der Waals surface area (Å²) in [7, 11) is 1.61. The van der Waals surface area contributed by atoms with E-state index in [9.17, 15) is 13.2 Å². The third-order valence-electron chi connectivity index (χ3n) is 3.14. The summed E-state index contributed by atoms with van der Waals surface area (Å²) in [5.74, 6) is -2.74. The summed E-state index contributed by atoms with van der Waals surface area (Å²) < 4.78 is 43.2. The predicted octanol–water partition coefficient (Wildman–Crippen LogP) is 1.21. The third-order valence-corrected chi connectivity index (χ3v) is 3.14. The molecule has 3 N–H and O–H groups in total. The fraction of sp³-hybridized carbons (Fsp3) is 0.900. The van der Waals surface area contributed by atoms with Gasteiger partial charge in [-0.3, -0.25) is 10.3 Å². The van der Waals surface area contributed by atoms with Crippen LogP contribution in [0.4, 0.5) is 13.2 Å². The van der Waals surface area contributed by atoms with Crippen molar-refractivity contribution in [3.63, 3.8) is 0 Å². The highest BCUT2D eigenvalue weighted by atomic mass is 19.4. The lowest BCUT2D eigenvalue weighted by molar-refractivity contribution is -0.160. The second-order valence-corrected chi connectivity index (χ2v) is 4.42. The highest BCUT2D eigenvalue weighted by Gasteiger charge is 2.43. The molecular formula is C10H18F3N3O. The zero-order valence-corrected chi connectivity index (χ0v) is 9.92. The van der Waals surface area contributed by atoms with E-state index in [0.29, 0.717) is 13.0 Å². The van der Waals surface area contributed by atoms with Crippen LogP contribution in [0, 0.1) is 11.3 Å². The smallest absolute Gasteiger partial charge is 0.387 e. The lowest BCUT2D eigenvalue weighted by Gasteiger charge is -2.30. The summed E-state index contributed by atoms with van der Waals surface area (Å²) in [4.78, 5) is 1.58. The first-order valence-electron chi connectivity index (χ1n) is 5.46. The Kier molecular flexibility index (Phi) is 4.37. The summed E-state index contributed by atoms with van der Waals surface area (Å²) in [6.07, 6.45) is -3.84. The van der Waals surface area contributed by atoms with Crippen LogP contribution in [0.5, 0.6) is 0 Å². The molecule has 0 aromatic heterocycles. The molecule has 1 fully saturated rings. The molecule has 17 heavy (non-hydrogen) atoms. The van der Waals surface area contributed by atoms with E-state index >= 15 is 0 Å². The van der Waals surface area contributed by atoms with Gasteiger partial charge in [0.25, 0.3) is 0 Å². The highest BCUT2D eigenvalue weighted by Crippen LogP contribution is 2.28. The maximum atomic E-state index is 12.6. The molecule has 0 aromatic rings. The zero-order chi connectivity index (χ0) is 13.2. The fourth-order valence-corrected chi connectivity index (χ4v) is 2.10. The zero-order valence-electron chi connectivity index (χ0n) is 9.92. The van der Waals surface area contributed by atoms with Gasteiger partial charge >= 0.3 is 6.18 Å². The van der Waals surface area contributed by atoms with Gasteiger partial charge < -0.3 is 10.5 Å². The summed E-state index contributed by atoms with van der Waals surface area (Å²) in [5.41, 5.74) is 5.01. The standard InChI is InChI=1S/C10H18F3N3O/c1-6-8(3-4-17-6)16(2)5-7(9(14)15)10(11,12)13/h6-8H,3-5H2,1-2H3,(H3,14,15). The van der Waals surface area contributed by atoms with Crippen molar-refractivity contribution in [2.75, 3.05) is 20.2 Å². The van der Waals surface area contributed by atoms with Crippen molar-refractivity contribution in [2.24, 2.45) is 11.7 Å². The van der Waals surface area contributed by atoms with Crippen LogP contribution in [-0.4, -0.2) is 49.3 Å². The van der Waals surface area contributed by atoms with Crippen LogP contribution >= 0.6 is 0 Å². The van der Waals surface area contributed by atoms with Crippen LogP contribution in [0.15, 0.2) is 0 Å². The van der Waals surface area contributed by atoms with E-state index in [-0.39, 0.29) is 18.7 Å². The predicted molar refractivity (Wildman–Crippen MR) is 57.9 cm³/mol. The van der Waals surface area contributed by atoms with Crippen molar-refractivity contribution in [3.8, 4) is 0 Å². The van der Waals surface area contributed by atoms with Crippen molar-refractivity contribution >= 4 is 5.84 Å². The molecule has 100 valence electrons. The molecule has 7 heteroatoms. The van der Waals surface area contributed by atoms with Gasteiger partial charge in [-0.25, -0.2) is 0 Å². The number of alkyl halides is 3. The van der Waals surface area contributed by atoms with Gasteiger partial charge in [0.1, 0.15) is 11.8 Å². The van der Waals surface area contributed by atoms with Crippen molar-refractivity contribution in [1.29, 1.82) is 5.41 Å². The van der Waals surface area contributed by atoms with Crippen LogP contribution in [0.1, 0.15) is 13.3 Å². The molecule has 0 bridgehead atoms. The number of amidine groups is 1. The van der Waals surface area contributed by atoms with Crippen molar-refractivity contribution in [1.82, 2.24) is 4.90 Å². The van der Waals surface area contributed by atoms with Crippen LogP contribution in [0.2, 0.25) is 0 Å². The summed E-state index contributed by atoms with van der Waals surface area (Å²) in [6.45, 7) is 2.11. The van der Waals surface area contributed by atoms with Crippen molar-refractivity contribution < 1.29 is 17.9 Å². The van der Waals surface area contributed by atoms with Crippen LogP contribution in [0.3, 0.4) is 0 Å². The third kappa shape index (κ3) is 3.57. The lowest BCUT2D eigenvalue weighted by Crippen LogP contribution is -2.47. The number of halogens is 3. The van der Waals surface area contributed by atoms with E-state index in [1.165, 1.54) is 0 Å². The Morgan fingerprint density at radius 3 is 2.53 bits per heavy atom. The van der Waals surface area contributed by atoms with Gasteiger partial charge in [-0.15, -0.1) is 0 Å². The SMILES string of the molecule is CC1OCCC1N(C)CC(C(=N)N)C(F)(F)F. The summed E-state index contributed by atoms with van der Waals surface area (Å²) in [5, 5.41) is 7.02. The number of rotatable bonds is 4. The first kappa shape index (κ1) is 14.2. The molecule has 1 aliphatic rings. The molecule has 0 aliphatic carbocycles. The Bertz CT molecular complexity index is 282. The number of nitrogens with two attached hydrogens (primary N) is 1. The fourth-order valence-electron chi connectivity index (χ4n) is 2.10. The first-order valence-corrected chi connectivity index (χ1v) is 5.46. The second kappa shape index (κ2) is 5.22. The van der Waals surface area contributed by atoms with Gasteiger partial charge in [0.05, 0.1) is 6.10 Å². The topological polar surface area (TPSA) is 62.3 Å². The summed E-state index contributed by atoms with van der Waals surface area (Å²) in [6, 6.07) is -0.0424.